The Balaban J connectivity index is 1.78. The van der Waals surface area contributed by atoms with Gasteiger partial charge in [-0.1, -0.05) is 25.2 Å². The van der Waals surface area contributed by atoms with Gasteiger partial charge in [-0.15, -0.1) is 0 Å². The van der Waals surface area contributed by atoms with Gasteiger partial charge in [0.1, 0.15) is 11.8 Å². The molecule has 2 amide bonds. The largest absolute Gasteiger partial charge is 0.497 e. The van der Waals surface area contributed by atoms with Gasteiger partial charge in [0, 0.05) is 12.6 Å². The second-order valence-corrected chi connectivity index (χ2v) is 10.1. The van der Waals surface area contributed by atoms with Crippen molar-refractivity contribution < 1.29 is 22.7 Å². The van der Waals surface area contributed by atoms with Crippen LogP contribution in [0.5, 0.6) is 5.75 Å². The molecule has 0 saturated heterocycles. The average molecular weight is 477 g/mol. The summed E-state index contributed by atoms with van der Waals surface area (Å²) in [5, 5.41) is 5.73. The number of benzene rings is 2. The summed E-state index contributed by atoms with van der Waals surface area (Å²) >= 11 is 1.23. The second kappa shape index (κ2) is 9.63. The Kier molecular flexibility index (Phi) is 7.12. The van der Waals surface area contributed by atoms with Crippen LogP contribution in [0.1, 0.15) is 20.8 Å². The molecule has 170 valence electrons. The Morgan fingerprint density at radius 2 is 1.75 bits per heavy atom. The van der Waals surface area contributed by atoms with Crippen molar-refractivity contribution in [1.29, 1.82) is 0 Å². The average Bonchev–Trinajstić information content (AvgIpc) is 3.12. The van der Waals surface area contributed by atoms with E-state index in [4.69, 9.17) is 4.74 Å². The SMILES string of the molecule is COc1ccc(S(=O)(=O)N[C@H](C(=O)Nc2nc3ccc(NC(C)=O)cc3s2)C(C)C)cc1. The maximum Gasteiger partial charge on any atom is 0.244 e. The van der Waals surface area contributed by atoms with Crippen molar-refractivity contribution in [2.75, 3.05) is 17.7 Å². The number of carbonyl (C=O) groups is 2. The maximum absolute atomic E-state index is 12.9. The van der Waals surface area contributed by atoms with Crippen molar-refractivity contribution in [2.24, 2.45) is 5.92 Å². The van der Waals surface area contributed by atoms with Crippen LogP contribution in [0, 0.1) is 5.92 Å². The fraction of sp³-hybridized carbons (Fsp3) is 0.286. The summed E-state index contributed by atoms with van der Waals surface area (Å²) in [6, 6.07) is 10.1. The highest BCUT2D eigenvalue weighted by Gasteiger charge is 2.29. The number of rotatable bonds is 8. The first kappa shape index (κ1) is 23.6. The van der Waals surface area contributed by atoms with E-state index >= 15 is 0 Å². The minimum Gasteiger partial charge on any atom is -0.497 e. The Hall–Kier alpha value is -3.02. The molecule has 0 aliphatic rings. The molecule has 0 saturated carbocycles. The second-order valence-electron chi connectivity index (χ2n) is 7.39. The van der Waals surface area contributed by atoms with E-state index in [1.165, 1.54) is 49.6 Å². The lowest BCUT2D eigenvalue weighted by atomic mass is 10.1. The van der Waals surface area contributed by atoms with Gasteiger partial charge in [-0.05, 0) is 48.4 Å². The van der Waals surface area contributed by atoms with Crippen LogP contribution in [0.4, 0.5) is 10.8 Å². The first-order valence-electron chi connectivity index (χ1n) is 9.74. The third-order valence-electron chi connectivity index (χ3n) is 4.54. The molecule has 9 nitrogen and oxygen atoms in total. The van der Waals surface area contributed by atoms with E-state index < -0.39 is 22.0 Å². The number of methoxy groups -OCH3 is 1. The Labute approximate surface area is 190 Å². The molecule has 0 radical (unpaired) electrons. The highest BCUT2D eigenvalue weighted by molar-refractivity contribution is 7.89. The molecule has 32 heavy (non-hydrogen) atoms. The van der Waals surface area contributed by atoms with Crippen molar-refractivity contribution in [2.45, 2.75) is 31.7 Å². The minimum atomic E-state index is -3.93. The van der Waals surface area contributed by atoms with E-state index in [9.17, 15) is 18.0 Å². The number of anilines is 2. The van der Waals surface area contributed by atoms with Crippen LogP contribution in [0.2, 0.25) is 0 Å². The van der Waals surface area contributed by atoms with E-state index in [1.54, 1.807) is 32.0 Å². The van der Waals surface area contributed by atoms with Crippen LogP contribution in [0.25, 0.3) is 10.2 Å². The highest BCUT2D eigenvalue weighted by Crippen LogP contribution is 2.29. The van der Waals surface area contributed by atoms with Gasteiger partial charge in [0.25, 0.3) is 0 Å². The van der Waals surface area contributed by atoms with Crippen LogP contribution in [0.15, 0.2) is 47.4 Å². The lowest BCUT2D eigenvalue weighted by Crippen LogP contribution is -2.47. The quantitative estimate of drug-likeness (QED) is 0.458. The number of nitrogens with zero attached hydrogens (tertiary/aromatic N) is 1. The monoisotopic (exact) mass is 476 g/mol. The highest BCUT2D eigenvalue weighted by atomic mass is 32.2. The number of hydrogen-bond donors (Lipinski definition) is 3. The normalized spacial score (nSPS) is 12.5. The van der Waals surface area contributed by atoms with Crippen molar-refractivity contribution in [3.8, 4) is 5.75 Å². The van der Waals surface area contributed by atoms with E-state index in [0.717, 1.165) is 4.70 Å². The summed E-state index contributed by atoms with van der Waals surface area (Å²) in [6.45, 7) is 4.92. The molecule has 0 bridgehead atoms. The number of sulfonamides is 1. The van der Waals surface area contributed by atoms with Gasteiger partial charge in [-0.2, -0.15) is 4.72 Å². The molecular weight excluding hydrogens is 452 g/mol. The van der Waals surface area contributed by atoms with Crippen LogP contribution in [-0.4, -0.2) is 38.4 Å². The van der Waals surface area contributed by atoms with Crippen molar-refractivity contribution >= 4 is 54.2 Å². The third kappa shape index (κ3) is 5.61. The maximum atomic E-state index is 12.9. The third-order valence-corrected chi connectivity index (χ3v) is 6.93. The number of amides is 2. The van der Waals surface area contributed by atoms with Gasteiger partial charge in [0.2, 0.25) is 21.8 Å². The summed E-state index contributed by atoms with van der Waals surface area (Å²) in [6.07, 6.45) is 0. The Morgan fingerprint density at radius 1 is 1.06 bits per heavy atom. The van der Waals surface area contributed by atoms with Gasteiger partial charge in [0.05, 0.1) is 22.2 Å². The lowest BCUT2D eigenvalue weighted by Gasteiger charge is -2.21. The summed E-state index contributed by atoms with van der Waals surface area (Å²) in [4.78, 5) is 28.6. The molecular formula is C21H24N4O5S2. The Morgan fingerprint density at radius 3 is 2.34 bits per heavy atom. The lowest BCUT2D eigenvalue weighted by molar-refractivity contribution is -0.118. The van der Waals surface area contributed by atoms with Crippen LogP contribution < -0.4 is 20.1 Å². The molecule has 3 N–H and O–H groups in total. The van der Waals surface area contributed by atoms with Gasteiger partial charge in [-0.3, -0.25) is 9.59 Å². The summed E-state index contributed by atoms with van der Waals surface area (Å²) in [5.41, 5.74) is 1.28. The summed E-state index contributed by atoms with van der Waals surface area (Å²) in [5.74, 6) is -0.493. The Bertz CT molecular complexity index is 1240. The number of fused-ring (bicyclic) bond motifs is 1. The number of nitrogens with one attached hydrogen (secondary N) is 3. The molecule has 1 heterocycles. The first-order chi connectivity index (χ1) is 15.1. The van der Waals surface area contributed by atoms with E-state index in [2.05, 4.69) is 20.3 Å². The molecule has 1 aromatic heterocycles. The molecule has 3 aromatic rings. The van der Waals surface area contributed by atoms with Gasteiger partial charge in [-0.25, -0.2) is 13.4 Å². The fourth-order valence-corrected chi connectivity index (χ4v) is 5.18. The fourth-order valence-electron chi connectivity index (χ4n) is 2.92. The number of thiazole rings is 1. The van der Waals surface area contributed by atoms with Crippen LogP contribution in [0.3, 0.4) is 0 Å². The molecule has 0 spiro atoms. The van der Waals surface area contributed by atoms with E-state index in [0.29, 0.717) is 22.1 Å². The smallest absolute Gasteiger partial charge is 0.244 e. The standard InChI is InChI=1S/C21H24N4O5S2/c1-12(2)19(25-32(28,29)16-8-6-15(30-4)7-9-16)20(27)24-21-23-17-10-5-14(22-13(3)26)11-18(17)31-21/h5-12,19,25H,1-4H3,(H,22,26)(H,23,24,27)/t19-/m0/s1. The molecule has 3 rings (SSSR count). The molecule has 11 heteroatoms. The van der Waals surface area contributed by atoms with Gasteiger partial charge < -0.3 is 15.4 Å². The van der Waals surface area contributed by atoms with Crippen LogP contribution in [-0.2, 0) is 19.6 Å². The molecule has 2 aromatic carbocycles. The zero-order valence-corrected chi connectivity index (χ0v) is 19.6. The van der Waals surface area contributed by atoms with Crippen LogP contribution >= 0.6 is 11.3 Å². The summed E-state index contributed by atoms with van der Waals surface area (Å²) in [7, 11) is -2.44. The molecule has 1 atom stereocenters. The molecule has 0 unspecified atom stereocenters. The van der Waals surface area contributed by atoms with Crippen molar-refractivity contribution in [3.63, 3.8) is 0 Å². The number of aromatic nitrogens is 1. The molecule has 0 fully saturated rings. The number of carbonyl (C=O) groups excluding carboxylic acids is 2. The molecule has 0 aliphatic heterocycles. The van der Waals surface area contributed by atoms with E-state index in [-0.39, 0.29) is 16.7 Å². The van der Waals surface area contributed by atoms with Crippen molar-refractivity contribution in [3.05, 3.63) is 42.5 Å². The number of hydrogen-bond acceptors (Lipinski definition) is 7. The van der Waals surface area contributed by atoms with E-state index in [1.807, 2.05) is 0 Å². The first-order valence-corrected chi connectivity index (χ1v) is 12.0. The van der Waals surface area contributed by atoms with Crippen molar-refractivity contribution in [1.82, 2.24) is 9.71 Å². The summed E-state index contributed by atoms with van der Waals surface area (Å²) < 4.78 is 33.9. The predicted molar refractivity (Wildman–Crippen MR) is 124 cm³/mol. The van der Waals surface area contributed by atoms with Gasteiger partial charge >= 0.3 is 0 Å². The predicted octanol–water partition coefficient (Wildman–Crippen LogP) is 3.20. The number of ether oxygens (including phenoxy) is 1. The zero-order chi connectivity index (χ0) is 23.5. The van der Waals surface area contributed by atoms with Gasteiger partial charge in [0.15, 0.2) is 5.13 Å². The molecule has 0 aliphatic carbocycles. The topological polar surface area (TPSA) is 126 Å². The zero-order valence-electron chi connectivity index (χ0n) is 18.0. The minimum absolute atomic E-state index is 0.0298.